The van der Waals surface area contributed by atoms with Crippen LogP contribution in [-0.4, -0.2) is 49.4 Å². The number of carbonyl (C=O) groups excluding carboxylic acids is 2. The number of carbonyl (C=O) groups is 2. The topological polar surface area (TPSA) is 52.6 Å². The standard InChI is InChI=1S/C24H29N3O2/c1-17-10-11-21-19(15-17)20-16-26(2)14-12-22(20)27(21)23(28)9-6-13-25-24(29)18-7-4-3-5-8-18/h3-5,7-8,10-11,15,20,22H,6,9,12-14,16H2,1-2H3,(H,25,29)/t20-,22+/m1/s1. The molecule has 5 nitrogen and oxygen atoms in total. The maximum absolute atomic E-state index is 13.1. The first-order valence-electron chi connectivity index (χ1n) is 10.5. The van der Waals surface area contributed by atoms with E-state index in [1.54, 1.807) is 12.1 Å². The summed E-state index contributed by atoms with van der Waals surface area (Å²) in [6.45, 7) is 4.63. The molecule has 2 amide bonds. The molecule has 0 unspecified atom stereocenters. The van der Waals surface area contributed by atoms with E-state index in [1.165, 1.54) is 11.1 Å². The van der Waals surface area contributed by atoms with Crippen molar-refractivity contribution in [2.24, 2.45) is 0 Å². The number of fused-ring (bicyclic) bond motifs is 3. The molecule has 0 radical (unpaired) electrons. The molecule has 0 spiro atoms. The summed E-state index contributed by atoms with van der Waals surface area (Å²) in [6.07, 6.45) is 2.10. The van der Waals surface area contributed by atoms with Gasteiger partial charge in [0.25, 0.3) is 5.91 Å². The number of benzene rings is 2. The maximum atomic E-state index is 13.1. The number of hydrogen-bond donors (Lipinski definition) is 1. The van der Waals surface area contributed by atoms with Gasteiger partial charge in [0.1, 0.15) is 0 Å². The summed E-state index contributed by atoms with van der Waals surface area (Å²) in [4.78, 5) is 29.7. The van der Waals surface area contributed by atoms with Crippen molar-refractivity contribution in [2.75, 3.05) is 31.6 Å². The monoisotopic (exact) mass is 391 g/mol. The Hall–Kier alpha value is -2.66. The molecule has 0 bridgehead atoms. The number of likely N-dealkylation sites (tertiary alicyclic amines) is 1. The summed E-state index contributed by atoms with van der Waals surface area (Å²) in [5, 5.41) is 2.92. The van der Waals surface area contributed by atoms with Gasteiger partial charge >= 0.3 is 0 Å². The van der Waals surface area contributed by atoms with Crippen LogP contribution in [-0.2, 0) is 4.79 Å². The van der Waals surface area contributed by atoms with Crippen molar-refractivity contribution in [1.82, 2.24) is 10.2 Å². The number of aryl methyl sites for hydroxylation is 1. The van der Waals surface area contributed by atoms with Gasteiger partial charge in [0.05, 0.1) is 0 Å². The van der Waals surface area contributed by atoms with Gasteiger partial charge in [0.15, 0.2) is 0 Å². The van der Waals surface area contributed by atoms with E-state index >= 15 is 0 Å². The molecule has 5 heteroatoms. The smallest absolute Gasteiger partial charge is 0.251 e. The Balaban J connectivity index is 1.39. The molecule has 2 aliphatic rings. The van der Waals surface area contributed by atoms with E-state index in [0.29, 0.717) is 30.9 Å². The normalized spacial score (nSPS) is 20.8. The fourth-order valence-corrected chi connectivity index (χ4v) is 4.66. The fourth-order valence-electron chi connectivity index (χ4n) is 4.66. The van der Waals surface area contributed by atoms with Crippen molar-refractivity contribution in [2.45, 2.75) is 38.1 Å². The summed E-state index contributed by atoms with van der Waals surface area (Å²) in [6, 6.07) is 15.9. The molecular formula is C24H29N3O2. The number of anilines is 1. The summed E-state index contributed by atoms with van der Waals surface area (Å²) in [5.74, 6) is 0.474. The molecular weight excluding hydrogens is 362 g/mol. The first-order valence-corrected chi connectivity index (χ1v) is 10.5. The van der Waals surface area contributed by atoms with Gasteiger partial charge in [-0.3, -0.25) is 9.59 Å². The maximum Gasteiger partial charge on any atom is 0.251 e. The lowest BCUT2D eigenvalue weighted by Crippen LogP contribution is -2.47. The van der Waals surface area contributed by atoms with Crippen LogP contribution in [0.5, 0.6) is 0 Å². The highest BCUT2D eigenvalue weighted by atomic mass is 16.2. The van der Waals surface area contributed by atoms with Crippen molar-refractivity contribution < 1.29 is 9.59 Å². The van der Waals surface area contributed by atoms with E-state index in [9.17, 15) is 9.59 Å². The summed E-state index contributed by atoms with van der Waals surface area (Å²) < 4.78 is 0. The predicted octanol–water partition coefficient (Wildman–Crippen LogP) is 3.34. The van der Waals surface area contributed by atoms with Gasteiger partial charge in [-0.1, -0.05) is 35.9 Å². The summed E-state index contributed by atoms with van der Waals surface area (Å²) >= 11 is 0. The second kappa shape index (κ2) is 8.37. The Kier molecular flexibility index (Phi) is 5.67. The van der Waals surface area contributed by atoms with E-state index in [1.807, 2.05) is 23.1 Å². The molecule has 2 aliphatic heterocycles. The third-order valence-electron chi connectivity index (χ3n) is 6.11. The van der Waals surface area contributed by atoms with Gasteiger partial charge in [0, 0.05) is 42.7 Å². The molecule has 1 fully saturated rings. The number of nitrogens with one attached hydrogen (secondary N) is 1. The van der Waals surface area contributed by atoms with Crippen LogP contribution in [0.3, 0.4) is 0 Å². The zero-order valence-electron chi connectivity index (χ0n) is 17.2. The molecule has 1 N–H and O–H groups in total. The molecule has 2 heterocycles. The molecule has 2 atom stereocenters. The minimum absolute atomic E-state index is 0.0876. The Morgan fingerprint density at radius 2 is 1.93 bits per heavy atom. The quantitative estimate of drug-likeness (QED) is 0.796. The van der Waals surface area contributed by atoms with Crippen LogP contribution < -0.4 is 10.2 Å². The van der Waals surface area contributed by atoms with Gasteiger partial charge in [-0.2, -0.15) is 0 Å². The Morgan fingerprint density at radius 3 is 2.72 bits per heavy atom. The number of rotatable bonds is 5. The van der Waals surface area contributed by atoms with Crippen LogP contribution in [0.1, 0.15) is 46.7 Å². The lowest BCUT2D eigenvalue weighted by Gasteiger charge is -2.36. The molecule has 2 aromatic carbocycles. The van der Waals surface area contributed by atoms with E-state index in [0.717, 1.165) is 25.2 Å². The Bertz CT molecular complexity index is 896. The molecule has 152 valence electrons. The number of amides is 2. The summed E-state index contributed by atoms with van der Waals surface area (Å²) in [5.41, 5.74) is 4.29. The van der Waals surface area contributed by atoms with E-state index in [-0.39, 0.29) is 17.9 Å². The average molecular weight is 392 g/mol. The summed E-state index contributed by atoms with van der Waals surface area (Å²) in [7, 11) is 2.16. The van der Waals surface area contributed by atoms with E-state index < -0.39 is 0 Å². The first-order chi connectivity index (χ1) is 14.0. The lowest BCUT2D eigenvalue weighted by atomic mass is 9.89. The highest BCUT2D eigenvalue weighted by molar-refractivity contribution is 5.97. The average Bonchev–Trinajstić information content (AvgIpc) is 3.04. The minimum Gasteiger partial charge on any atom is -0.352 e. The second-order valence-corrected chi connectivity index (χ2v) is 8.28. The van der Waals surface area contributed by atoms with Gasteiger partial charge in [0.2, 0.25) is 5.91 Å². The fraction of sp³-hybridized carbons (Fsp3) is 0.417. The van der Waals surface area contributed by atoms with Crippen LogP contribution >= 0.6 is 0 Å². The van der Waals surface area contributed by atoms with Crippen molar-refractivity contribution >= 4 is 17.5 Å². The van der Waals surface area contributed by atoms with Crippen LogP contribution in [0, 0.1) is 6.92 Å². The molecule has 0 saturated carbocycles. The number of likely N-dealkylation sites (N-methyl/N-ethyl adjacent to an activating group) is 1. The Labute approximate surface area is 172 Å². The van der Waals surface area contributed by atoms with Gasteiger partial charge in [-0.05, 0) is 57.1 Å². The lowest BCUT2D eigenvalue weighted by molar-refractivity contribution is -0.119. The van der Waals surface area contributed by atoms with Gasteiger partial charge in [-0.15, -0.1) is 0 Å². The minimum atomic E-state index is -0.0876. The van der Waals surface area contributed by atoms with Crippen LogP contribution in [0.15, 0.2) is 48.5 Å². The van der Waals surface area contributed by atoms with E-state index in [4.69, 9.17) is 0 Å². The predicted molar refractivity (Wildman–Crippen MR) is 115 cm³/mol. The van der Waals surface area contributed by atoms with Crippen molar-refractivity contribution in [3.05, 3.63) is 65.2 Å². The number of nitrogens with zero attached hydrogens (tertiary/aromatic N) is 2. The highest BCUT2D eigenvalue weighted by Gasteiger charge is 2.43. The number of hydrogen-bond acceptors (Lipinski definition) is 3. The molecule has 29 heavy (non-hydrogen) atoms. The third kappa shape index (κ3) is 4.06. The second-order valence-electron chi connectivity index (χ2n) is 8.28. The van der Waals surface area contributed by atoms with Crippen molar-refractivity contribution in [1.29, 1.82) is 0 Å². The molecule has 4 rings (SSSR count). The number of piperidine rings is 1. The zero-order chi connectivity index (χ0) is 20.4. The molecule has 2 aromatic rings. The van der Waals surface area contributed by atoms with Crippen molar-refractivity contribution in [3.63, 3.8) is 0 Å². The van der Waals surface area contributed by atoms with Crippen molar-refractivity contribution in [3.8, 4) is 0 Å². The highest BCUT2D eigenvalue weighted by Crippen LogP contribution is 2.45. The van der Waals surface area contributed by atoms with Gasteiger partial charge < -0.3 is 15.1 Å². The van der Waals surface area contributed by atoms with E-state index in [2.05, 4.69) is 42.4 Å². The third-order valence-corrected chi connectivity index (χ3v) is 6.11. The van der Waals surface area contributed by atoms with Gasteiger partial charge in [-0.25, -0.2) is 0 Å². The largest absolute Gasteiger partial charge is 0.352 e. The van der Waals surface area contributed by atoms with Crippen LogP contribution in [0.2, 0.25) is 0 Å². The van der Waals surface area contributed by atoms with Crippen LogP contribution in [0.4, 0.5) is 5.69 Å². The Morgan fingerprint density at radius 1 is 1.14 bits per heavy atom. The molecule has 0 aliphatic carbocycles. The molecule has 0 aromatic heterocycles. The first kappa shape index (κ1) is 19.6. The molecule has 1 saturated heterocycles. The van der Waals surface area contributed by atoms with Crippen LogP contribution in [0.25, 0.3) is 0 Å². The SMILES string of the molecule is Cc1ccc2c(c1)[C@H]1CN(C)CC[C@@H]1N2C(=O)CCCNC(=O)c1ccccc1. The zero-order valence-corrected chi connectivity index (χ0v) is 17.2.